The van der Waals surface area contributed by atoms with Crippen molar-refractivity contribution in [3.8, 4) is 0 Å². The Balaban J connectivity index is 1.50. The number of rotatable bonds is 5. The second-order valence-corrected chi connectivity index (χ2v) is 7.51. The topological polar surface area (TPSA) is 70.9 Å². The van der Waals surface area contributed by atoms with Gasteiger partial charge in [0, 0.05) is 10.3 Å². The first kappa shape index (κ1) is 16.9. The Morgan fingerprint density at radius 3 is 2.68 bits per heavy atom. The highest BCUT2D eigenvalue weighted by Crippen LogP contribution is 2.27. The number of hydrogen-bond acceptors (Lipinski definition) is 5. The Morgan fingerprint density at radius 1 is 1.04 bits per heavy atom. The maximum absolute atomic E-state index is 12.5. The molecule has 0 saturated carbocycles. The van der Waals surface area contributed by atoms with Gasteiger partial charge in [-0.1, -0.05) is 48.5 Å². The van der Waals surface area contributed by atoms with Crippen molar-refractivity contribution >= 4 is 33.4 Å². The number of aromatic nitrogens is 2. The maximum atomic E-state index is 12.5. The van der Waals surface area contributed by atoms with E-state index in [1.54, 1.807) is 11.3 Å². The largest absolute Gasteiger partial charge is 0.449 e. The molecule has 0 aliphatic carbocycles. The first-order valence-corrected chi connectivity index (χ1v) is 9.90. The van der Waals surface area contributed by atoms with E-state index < -0.39 is 0 Å². The summed E-state index contributed by atoms with van der Waals surface area (Å²) < 4.78 is 5.67. The van der Waals surface area contributed by atoms with Crippen LogP contribution in [-0.2, 0) is 6.54 Å². The summed E-state index contributed by atoms with van der Waals surface area (Å²) in [5.41, 5.74) is 2.44. The highest BCUT2D eigenvalue weighted by Gasteiger charge is 2.17. The number of benzene rings is 2. The van der Waals surface area contributed by atoms with Gasteiger partial charge in [-0.05, 0) is 29.1 Å². The standard InChI is InChI=1S/C22H17N3O2S/c26-22-21-20(15-9-4-5-10-16(15)27-21)24-18(25-22)13-23-19(17-11-6-12-28-17)14-7-2-1-3-8-14/h1-12,19,23H,13H2,(H,24,25,26)/t19-/m1/s1. The Labute approximate surface area is 164 Å². The fraction of sp³-hybridized carbons (Fsp3) is 0.0909. The van der Waals surface area contributed by atoms with Crippen LogP contribution in [0.5, 0.6) is 0 Å². The van der Waals surface area contributed by atoms with Crippen LogP contribution >= 0.6 is 11.3 Å². The minimum absolute atomic E-state index is 0.0308. The van der Waals surface area contributed by atoms with Crippen LogP contribution in [0.2, 0.25) is 0 Å². The zero-order chi connectivity index (χ0) is 18.9. The molecule has 3 heterocycles. The van der Waals surface area contributed by atoms with Crippen LogP contribution in [0.4, 0.5) is 0 Å². The van der Waals surface area contributed by atoms with Crippen molar-refractivity contribution < 1.29 is 4.42 Å². The highest BCUT2D eigenvalue weighted by atomic mass is 32.1. The van der Waals surface area contributed by atoms with Crippen LogP contribution < -0.4 is 10.9 Å². The number of nitrogens with zero attached hydrogens (tertiary/aromatic N) is 1. The van der Waals surface area contributed by atoms with E-state index in [1.807, 2.05) is 48.5 Å². The molecule has 5 nitrogen and oxygen atoms in total. The third kappa shape index (κ3) is 3.02. The summed E-state index contributed by atoms with van der Waals surface area (Å²) in [5.74, 6) is 0.585. The Morgan fingerprint density at radius 2 is 1.86 bits per heavy atom. The molecule has 0 saturated heterocycles. The lowest BCUT2D eigenvalue weighted by Crippen LogP contribution is -2.24. The van der Waals surface area contributed by atoms with E-state index in [9.17, 15) is 4.79 Å². The number of nitrogens with one attached hydrogen (secondary N) is 2. The molecule has 1 atom stereocenters. The van der Waals surface area contributed by atoms with Crippen LogP contribution in [0.25, 0.3) is 22.1 Å². The van der Waals surface area contributed by atoms with Crippen LogP contribution in [0.1, 0.15) is 22.3 Å². The summed E-state index contributed by atoms with van der Waals surface area (Å²) in [6.45, 7) is 0.433. The van der Waals surface area contributed by atoms with Crippen LogP contribution in [0, 0.1) is 0 Å². The van der Waals surface area contributed by atoms with Gasteiger partial charge in [0.05, 0.1) is 12.6 Å². The number of furan rings is 1. The number of para-hydroxylation sites is 1. The molecule has 0 fully saturated rings. The zero-order valence-electron chi connectivity index (χ0n) is 14.9. The zero-order valence-corrected chi connectivity index (χ0v) is 15.7. The first-order chi connectivity index (χ1) is 13.8. The van der Waals surface area contributed by atoms with E-state index in [1.165, 1.54) is 10.4 Å². The summed E-state index contributed by atoms with van der Waals surface area (Å²) in [5, 5.41) is 6.45. The van der Waals surface area contributed by atoms with E-state index in [0.717, 1.165) is 5.39 Å². The molecule has 5 aromatic rings. The molecule has 2 N–H and O–H groups in total. The molecule has 5 rings (SSSR count). The van der Waals surface area contributed by atoms with Crippen LogP contribution in [0.3, 0.4) is 0 Å². The normalized spacial score (nSPS) is 12.6. The number of thiophene rings is 1. The summed E-state index contributed by atoms with van der Waals surface area (Å²) in [7, 11) is 0. The minimum Gasteiger partial charge on any atom is -0.449 e. The maximum Gasteiger partial charge on any atom is 0.294 e. The Kier molecular flexibility index (Phi) is 4.27. The van der Waals surface area contributed by atoms with Crippen molar-refractivity contribution in [2.75, 3.05) is 0 Å². The van der Waals surface area contributed by atoms with Gasteiger partial charge in [-0.25, -0.2) is 4.98 Å². The second-order valence-electron chi connectivity index (χ2n) is 6.53. The van der Waals surface area contributed by atoms with Gasteiger partial charge in [0.15, 0.2) is 0 Å². The van der Waals surface area contributed by atoms with Gasteiger partial charge >= 0.3 is 0 Å². The molecule has 0 aliphatic rings. The Bertz CT molecular complexity index is 1290. The average molecular weight is 387 g/mol. The van der Waals surface area contributed by atoms with E-state index in [4.69, 9.17) is 4.42 Å². The molecular weight excluding hydrogens is 370 g/mol. The quantitative estimate of drug-likeness (QED) is 0.462. The van der Waals surface area contributed by atoms with Gasteiger partial charge in [-0.3, -0.25) is 10.1 Å². The summed E-state index contributed by atoms with van der Waals surface area (Å²) in [6, 6.07) is 22.0. The second kappa shape index (κ2) is 7.07. The van der Waals surface area contributed by atoms with Crippen molar-refractivity contribution in [2.24, 2.45) is 0 Å². The molecule has 0 bridgehead atoms. The smallest absolute Gasteiger partial charge is 0.294 e. The van der Waals surface area contributed by atoms with Gasteiger partial charge in [0.25, 0.3) is 5.56 Å². The third-order valence-electron chi connectivity index (χ3n) is 4.71. The van der Waals surface area contributed by atoms with Gasteiger partial charge in [0.1, 0.15) is 16.9 Å². The van der Waals surface area contributed by atoms with Crippen LogP contribution in [-0.4, -0.2) is 9.97 Å². The number of hydrogen-bond donors (Lipinski definition) is 2. The van der Waals surface area contributed by atoms with E-state index in [2.05, 4.69) is 38.9 Å². The molecule has 3 aromatic heterocycles. The van der Waals surface area contributed by atoms with Crippen molar-refractivity contribution in [3.63, 3.8) is 0 Å². The monoisotopic (exact) mass is 387 g/mol. The average Bonchev–Trinajstić information content (AvgIpc) is 3.38. The fourth-order valence-corrected chi connectivity index (χ4v) is 4.24. The summed E-state index contributed by atoms with van der Waals surface area (Å²) in [6.07, 6.45) is 0. The lowest BCUT2D eigenvalue weighted by atomic mass is 10.1. The molecule has 0 spiro atoms. The minimum atomic E-state index is -0.259. The molecule has 0 aliphatic heterocycles. The lowest BCUT2D eigenvalue weighted by Gasteiger charge is -2.17. The summed E-state index contributed by atoms with van der Waals surface area (Å²) >= 11 is 1.70. The van der Waals surface area contributed by atoms with Crippen LogP contribution in [0.15, 0.2) is 81.3 Å². The third-order valence-corrected chi connectivity index (χ3v) is 5.65. The molecule has 28 heavy (non-hydrogen) atoms. The van der Waals surface area contributed by atoms with Crippen molar-refractivity contribution in [3.05, 3.63) is 98.7 Å². The number of H-pyrrole nitrogens is 1. The van der Waals surface area contributed by atoms with Gasteiger partial charge < -0.3 is 9.40 Å². The lowest BCUT2D eigenvalue weighted by molar-refractivity contribution is 0.592. The Hall–Kier alpha value is -3.22. The first-order valence-electron chi connectivity index (χ1n) is 9.02. The predicted molar refractivity (Wildman–Crippen MR) is 112 cm³/mol. The molecule has 138 valence electrons. The molecule has 0 amide bonds. The van der Waals surface area contributed by atoms with E-state index >= 15 is 0 Å². The molecular formula is C22H17N3O2S. The molecule has 0 unspecified atom stereocenters. The fourth-order valence-electron chi connectivity index (χ4n) is 3.41. The molecule has 2 aromatic carbocycles. The molecule has 6 heteroatoms. The van der Waals surface area contributed by atoms with E-state index in [0.29, 0.717) is 23.5 Å². The highest BCUT2D eigenvalue weighted by molar-refractivity contribution is 7.10. The number of fused-ring (bicyclic) bond motifs is 3. The predicted octanol–water partition coefficient (Wildman–Crippen LogP) is 4.61. The van der Waals surface area contributed by atoms with Crippen molar-refractivity contribution in [1.82, 2.24) is 15.3 Å². The SMILES string of the molecule is O=c1[nH]c(CN[C@H](c2ccccc2)c2cccs2)nc2c1oc1ccccc12. The van der Waals surface area contributed by atoms with Crippen molar-refractivity contribution in [2.45, 2.75) is 12.6 Å². The van der Waals surface area contributed by atoms with Gasteiger partial charge in [-0.2, -0.15) is 0 Å². The van der Waals surface area contributed by atoms with Gasteiger partial charge in [0.2, 0.25) is 5.58 Å². The summed E-state index contributed by atoms with van der Waals surface area (Å²) in [4.78, 5) is 21.2. The number of aromatic amines is 1. The molecule has 0 radical (unpaired) electrons. The van der Waals surface area contributed by atoms with Crippen molar-refractivity contribution in [1.29, 1.82) is 0 Å². The van der Waals surface area contributed by atoms with Gasteiger partial charge in [-0.15, -0.1) is 11.3 Å². The van der Waals surface area contributed by atoms with E-state index in [-0.39, 0.29) is 17.2 Å².